The van der Waals surface area contributed by atoms with Crippen LogP contribution in [0.1, 0.15) is 131 Å². The lowest BCUT2D eigenvalue weighted by molar-refractivity contribution is 0.00578. The van der Waals surface area contributed by atoms with Crippen LogP contribution in [0.15, 0.2) is 163 Å². The highest BCUT2D eigenvalue weighted by Crippen LogP contribution is 2.44. The van der Waals surface area contributed by atoms with Crippen LogP contribution in [-0.2, 0) is 70.3 Å². The highest BCUT2D eigenvalue weighted by molar-refractivity contribution is 9.11. The van der Waals surface area contributed by atoms with Crippen LogP contribution in [0.4, 0.5) is 38.2 Å². The normalized spacial score (nSPS) is 19.2. The predicted molar refractivity (Wildman–Crippen MR) is 454 cm³/mol. The maximum absolute atomic E-state index is 14.3. The number of fused-ring (bicyclic) bond motifs is 2. The molecule has 42 heteroatoms. The van der Waals surface area contributed by atoms with Crippen LogP contribution >= 0.6 is 31.9 Å². The lowest BCUT2D eigenvalue weighted by Gasteiger charge is -2.32. The van der Waals surface area contributed by atoms with Gasteiger partial charge in [-0.2, -0.15) is 9.03 Å². The van der Waals surface area contributed by atoms with E-state index < -0.39 is 103 Å². The summed E-state index contributed by atoms with van der Waals surface area (Å²) in [5.74, 6) is -3.66. The van der Waals surface area contributed by atoms with Crippen molar-refractivity contribution < 1.29 is 79.5 Å². The molecule has 121 heavy (non-hydrogen) atoms. The van der Waals surface area contributed by atoms with E-state index in [-0.39, 0.29) is 147 Å². The molecule has 0 amide bonds. The average molecular weight is 1860 g/mol. The Morgan fingerprint density at radius 2 is 0.752 bits per heavy atom. The summed E-state index contributed by atoms with van der Waals surface area (Å²) >= 11 is 6.65. The molecule has 0 atom stereocenters. The first-order valence-corrected chi connectivity index (χ1v) is 44.6. The number of anilines is 2. The van der Waals surface area contributed by atoms with Crippen molar-refractivity contribution in [3.63, 3.8) is 0 Å². The second-order valence-corrected chi connectivity index (χ2v) is 40.8. The third kappa shape index (κ3) is 19.3. The van der Waals surface area contributed by atoms with Gasteiger partial charge in [0.25, 0.3) is 16.7 Å². The van der Waals surface area contributed by atoms with Crippen LogP contribution in [0.2, 0.25) is 0 Å². The fraction of sp³-hybridized carbons (Fsp3) is 0.380. The van der Waals surface area contributed by atoms with E-state index in [9.17, 15) is 66.0 Å². The van der Waals surface area contributed by atoms with Gasteiger partial charge in [-0.1, -0.05) is 25.6 Å². The Labute approximate surface area is 711 Å². The van der Waals surface area contributed by atoms with Crippen molar-refractivity contribution in [1.29, 1.82) is 0 Å². The number of rotatable bonds is 12. The van der Waals surface area contributed by atoms with Gasteiger partial charge in [-0.3, -0.25) is 14.4 Å². The summed E-state index contributed by atoms with van der Waals surface area (Å²) in [6, 6.07) is 26.4. The fourth-order valence-electron chi connectivity index (χ4n) is 13.4. The van der Waals surface area contributed by atoms with Crippen LogP contribution < -0.4 is 33.6 Å². The zero-order valence-electron chi connectivity index (χ0n) is 66.8. The van der Waals surface area contributed by atoms with Gasteiger partial charge in [0.2, 0.25) is 11.9 Å². The molecule has 6 aliphatic rings. The molecule has 0 aliphatic carbocycles. The number of nitrogens with zero attached hydrogens (tertiary/aromatic N) is 11. The van der Waals surface area contributed by atoms with Gasteiger partial charge in [0, 0.05) is 81.9 Å². The Morgan fingerprint density at radius 3 is 1.16 bits per heavy atom. The Kier molecular flexibility index (Phi) is 25.4. The molecule has 0 spiro atoms. The molecule has 0 saturated carbocycles. The van der Waals surface area contributed by atoms with Gasteiger partial charge < -0.3 is 53.1 Å². The number of benzene rings is 4. The van der Waals surface area contributed by atoms with E-state index in [1.54, 1.807) is 36.7 Å². The lowest BCUT2D eigenvalue weighted by Crippen LogP contribution is -2.45. The number of nitrogen functional groups attached to an aromatic ring is 2. The third-order valence-corrected chi connectivity index (χ3v) is 28.9. The number of aromatic nitrogens is 11. The molecule has 4 N–H and O–H groups in total. The van der Waals surface area contributed by atoms with Crippen molar-refractivity contribution in [3.05, 3.63) is 238 Å². The first kappa shape index (κ1) is 91.0. The topological polar surface area (TPSA) is 362 Å². The molecule has 13 heterocycles. The summed E-state index contributed by atoms with van der Waals surface area (Å²) in [5.41, 5.74) is 12.6. The van der Waals surface area contributed by atoms with Gasteiger partial charge >= 0.3 is 21.1 Å². The van der Waals surface area contributed by atoms with E-state index in [0.29, 0.717) is 43.8 Å². The van der Waals surface area contributed by atoms with Gasteiger partial charge in [0.15, 0.2) is 52.5 Å². The summed E-state index contributed by atoms with van der Waals surface area (Å²) in [5, 5.41) is 8.52. The second kappa shape index (κ2) is 33.8. The minimum absolute atomic E-state index is 0. The first-order valence-electron chi connectivity index (χ1n) is 37.5. The Hall–Kier alpha value is -9.23. The van der Waals surface area contributed by atoms with Gasteiger partial charge in [0.1, 0.15) is 34.9 Å². The molecule has 0 unspecified atom stereocenters. The van der Waals surface area contributed by atoms with E-state index >= 15 is 0 Å². The maximum Gasteiger partial charge on any atom is 0.496 e. The summed E-state index contributed by atoms with van der Waals surface area (Å²) in [7, 11) is -10.6. The minimum Gasteiger partial charge on any atom is -0.405 e. The third-order valence-electron chi connectivity index (χ3n) is 22.3. The van der Waals surface area contributed by atoms with E-state index in [4.69, 9.17) is 39.4 Å². The molecule has 0 bridgehead atoms. The number of sulfone groups is 3. The van der Waals surface area contributed by atoms with Crippen LogP contribution in [0.5, 0.6) is 0 Å². The van der Waals surface area contributed by atoms with Gasteiger partial charge in [-0.25, -0.2) is 71.5 Å². The molecule has 17 rings (SSSR count). The summed E-state index contributed by atoms with van der Waals surface area (Å²) in [6.45, 7) is 24.0. The van der Waals surface area contributed by atoms with Crippen LogP contribution in [0.25, 0.3) is 44.9 Å². The fourth-order valence-corrected chi connectivity index (χ4v) is 18.6. The van der Waals surface area contributed by atoms with E-state index in [0.717, 1.165) is 22.1 Å². The van der Waals surface area contributed by atoms with Gasteiger partial charge in [-0.05, 0) is 205 Å². The Balaban J connectivity index is 0.000000144. The maximum atomic E-state index is 14.3. The molecule has 4 aromatic carbocycles. The zero-order chi connectivity index (χ0) is 87.3. The predicted octanol–water partition coefficient (Wildman–Crippen LogP) is 10.9. The molecule has 0 radical (unpaired) electrons. The molecule has 6 aliphatic heterocycles. The zero-order valence-corrected chi connectivity index (χ0v) is 72.5. The first-order chi connectivity index (χ1) is 55.9. The minimum atomic E-state index is -3.21. The summed E-state index contributed by atoms with van der Waals surface area (Å²) in [4.78, 5) is 53.6. The van der Waals surface area contributed by atoms with Gasteiger partial charge in [0.05, 0.1) is 108 Å². The smallest absolute Gasteiger partial charge is 0.405 e. The van der Waals surface area contributed by atoms with Crippen molar-refractivity contribution in [3.8, 4) is 33.6 Å². The van der Waals surface area contributed by atoms with E-state index in [1.165, 1.54) is 114 Å². The molecule has 6 saturated heterocycles. The van der Waals surface area contributed by atoms with Crippen molar-refractivity contribution in [2.75, 3.05) is 46.0 Å². The number of hydrogen-bond acceptors (Lipinski definition) is 23. The van der Waals surface area contributed by atoms with Crippen molar-refractivity contribution in [1.82, 2.24) is 52.9 Å². The standard InChI is InChI=1S/C26H19F3N6O3S.C18H11BrF3N5.C14H20BNO5S.C12H24B2O4.C8H8BrNO3S.CH4/c27-16-7-4-14(5-8-16)24-23(15-6-9-22(36)34(11-15)17-12-39(37,38)13-17)25-31-21(33-35(25)26(30)32-24)10-18-19(28)2-1-3-20(18)29;19-15-16(9-4-6-10(20)7-5-9)25-18(23)27-17(15)24-14(26-27)8-11-12(21)2-1-3-13(11)22;1-13(2)14(3,4)21-15(20-13)10-5-6-12(17)16(7-10)11-8-22(18,19)9-11;1-9(2)10(3,4)16-13(15-9)14-17-11(5,6)12(7,8)18-14;9-6-1-2-8(11)10(3-6)7-4-14(12,13)5-7;/h1-9,11,17H,10,12-13H2,(H2,30,32);1-7H,8H2,(H2,23,25);5-7,11H,8-9H2,1-4H3;1-8H3;1-3,7H,4-5H2;1H4. The largest absolute Gasteiger partial charge is 0.496 e. The second-order valence-electron chi connectivity index (χ2n) is 32.6. The molecular formula is C79H86B3Br2F6N13O15S3. The lowest BCUT2D eigenvalue weighted by atomic mass is 9.49. The van der Waals surface area contributed by atoms with Crippen LogP contribution in [-0.4, -0.2) is 167 Å². The monoisotopic (exact) mass is 1860 g/mol. The van der Waals surface area contributed by atoms with Crippen LogP contribution in [0, 0.1) is 34.9 Å². The quantitative estimate of drug-likeness (QED) is 0.0847. The number of nitrogens with two attached hydrogens (primary N) is 2. The Bertz CT molecular complexity index is 6250. The summed E-state index contributed by atoms with van der Waals surface area (Å²) in [6.07, 6.45) is 4.38. The van der Waals surface area contributed by atoms with Crippen molar-refractivity contribution in [2.45, 2.75) is 155 Å². The van der Waals surface area contributed by atoms with Gasteiger partial charge in [-0.15, -0.1) is 10.2 Å². The van der Waals surface area contributed by atoms with Crippen molar-refractivity contribution in [2.24, 2.45) is 0 Å². The molecule has 7 aromatic heterocycles. The van der Waals surface area contributed by atoms with Crippen molar-refractivity contribution >= 4 is 111 Å². The SMILES string of the molecule is C.CC1(C)OB(B2OC(C)(C)C(C)(C)O2)OC1(C)C.CC1(C)OB(c2ccc(=O)n(C3CS(=O)(=O)C3)c2)OC1(C)C.Nc1nc(-c2ccc(F)cc2)c(-c2ccc(=O)n(C3CS(=O)(=O)C3)c2)c2nc(Cc3c(F)cccc3F)nn12.Nc1nc(-c2ccc(F)cc2)c(Br)c2nc(Cc3c(F)cccc3F)nn12.O=c1ccc(Br)cn1C1CS(=O)(=O)C1. The van der Waals surface area contributed by atoms with E-state index in [2.05, 4.69) is 62.0 Å². The van der Waals surface area contributed by atoms with E-state index in [1.807, 2.05) is 83.1 Å². The molecule has 6 fully saturated rings. The average Bonchev–Trinajstić information content (AvgIpc) is 1.07. The number of halogens is 8. The highest BCUT2D eigenvalue weighted by atomic mass is 79.9. The molecular weight excluding hydrogens is 1770 g/mol. The number of pyridine rings is 3. The summed E-state index contributed by atoms with van der Waals surface area (Å²) < 4.78 is 195. The van der Waals surface area contributed by atoms with Crippen LogP contribution in [0.3, 0.4) is 0 Å². The number of hydrogen-bond donors (Lipinski definition) is 2. The highest BCUT2D eigenvalue weighted by Gasteiger charge is 2.64. The Morgan fingerprint density at radius 1 is 0.421 bits per heavy atom. The molecule has 11 aromatic rings. The molecule has 640 valence electrons. The molecule has 28 nitrogen and oxygen atoms in total.